The van der Waals surface area contributed by atoms with Gasteiger partial charge in [-0.2, -0.15) is 0 Å². The smallest absolute Gasteiger partial charge is 0.175 e. The molecule has 0 fully saturated rings. The second-order valence-electron chi connectivity index (χ2n) is 5.46. The topological polar surface area (TPSA) is 36.7 Å². The summed E-state index contributed by atoms with van der Waals surface area (Å²) in [6.45, 7) is 4.00. The molecule has 0 aliphatic carbocycles. The number of hydrogen-bond acceptors (Lipinski definition) is 3. The zero-order chi connectivity index (χ0) is 15.0. The van der Waals surface area contributed by atoms with Gasteiger partial charge in [0.15, 0.2) is 4.87 Å². The molecule has 21 heavy (non-hydrogen) atoms. The maximum Gasteiger partial charge on any atom is 0.175 e. The highest BCUT2D eigenvalue weighted by atomic mass is 32.2. The number of thioether (sulfide) groups is 1. The standard InChI is InChI=1S/C17H19NO2S/c1-12-13-8-4-7-11-16(13)21-17(2,18(12)19)14-9-5-6-10-15(14)20-3/h4-12,18H,1-3H3. The maximum atomic E-state index is 13.0. The summed E-state index contributed by atoms with van der Waals surface area (Å²) >= 11 is 1.62. The molecule has 0 saturated carbocycles. The maximum absolute atomic E-state index is 13.0. The van der Waals surface area contributed by atoms with E-state index < -0.39 is 4.87 Å². The van der Waals surface area contributed by atoms with E-state index in [1.54, 1.807) is 18.9 Å². The molecule has 3 rings (SSSR count). The minimum atomic E-state index is -0.611. The summed E-state index contributed by atoms with van der Waals surface area (Å²) in [4.78, 5) is 0.568. The van der Waals surface area contributed by atoms with Gasteiger partial charge in [-0.1, -0.05) is 42.1 Å². The quantitative estimate of drug-likeness (QED) is 0.866. The second kappa shape index (κ2) is 5.37. The lowest BCUT2D eigenvalue weighted by atomic mass is 10.0. The van der Waals surface area contributed by atoms with Gasteiger partial charge in [0, 0.05) is 17.4 Å². The van der Waals surface area contributed by atoms with Crippen LogP contribution >= 0.6 is 11.8 Å². The number of hydroxylamine groups is 2. The van der Waals surface area contributed by atoms with Crippen LogP contribution in [0.3, 0.4) is 0 Å². The third-order valence-electron chi connectivity index (χ3n) is 4.18. The van der Waals surface area contributed by atoms with E-state index in [1.807, 2.05) is 56.3 Å². The summed E-state index contributed by atoms with van der Waals surface area (Å²) < 4.78 is 5.47. The number of methoxy groups -OCH3 is 1. The average molecular weight is 301 g/mol. The van der Waals surface area contributed by atoms with E-state index in [0.29, 0.717) is 0 Å². The van der Waals surface area contributed by atoms with Crippen molar-refractivity contribution in [3.63, 3.8) is 0 Å². The van der Waals surface area contributed by atoms with Crippen molar-refractivity contribution >= 4 is 11.8 Å². The fourth-order valence-electron chi connectivity index (χ4n) is 2.98. The van der Waals surface area contributed by atoms with Crippen molar-refractivity contribution in [1.82, 2.24) is 0 Å². The van der Waals surface area contributed by atoms with E-state index >= 15 is 0 Å². The Morgan fingerprint density at radius 1 is 1.14 bits per heavy atom. The Hall–Kier alpha value is -1.49. The van der Waals surface area contributed by atoms with Gasteiger partial charge in [-0.15, -0.1) is 0 Å². The monoisotopic (exact) mass is 301 g/mol. The number of quaternary nitrogens is 1. The number of benzene rings is 2. The van der Waals surface area contributed by atoms with Crippen LogP contribution in [0.2, 0.25) is 0 Å². The molecule has 2 aromatic rings. The summed E-state index contributed by atoms with van der Waals surface area (Å²) in [6.07, 6.45) is 0. The Morgan fingerprint density at radius 2 is 1.81 bits per heavy atom. The molecule has 3 nitrogen and oxygen atoms in total. The van der Waals surface area contributed by atoms with Crippen molar-refractivity contribution in [1.29, 1.82) is 0 Å². The van der Waals surface area contributed by atoms with Crippen LogP contribution in [0.25, 0.3) is 0 Å². The minimum absolute atomic E-state index is 0.0997. The van der Waals surface area contributed by atoms with Gasteiger partial charge < -0.3 is 15.0 Å². The predicted molar refractivity (Wildman–Crippen MR) is 85.4 cm³/mol. The fraction of sp³-hybridized carbons (Fsp3) is 0.294. The van der Waals surface area contributed by atoms with Gasteiger partial charge in [-0.3, -0.25) is 0 Å². The van der Waals surface area contributed by atoms with Gasteiger partial charge in [0.25, 0.3) is 0 Å². The number of rotatable bonds is 2. The molecule has 0 spiro atoms. The Balaban J connectivity index is 2.14. The summed E-state index contributed by atoms with van der Waals surface area (Å²) in [6, 6.07) is 15.9. The Bertz CT molecular complexity index is 661. The van der Waals surface area contributed by atoms with E-state index in [9.17, 15) is 5.21 Å². The molecule has 0 radical (unpaired) electrons. The molecule has 110 valence electrons. The van der Waals surface area contributed by atoms with Gasteiger partial charge in [0.05, 0.1) is 12.7 Å². The number of ether oxygens (including phenoxy) is 1. The third-order valence-corrected chi connectivity index (χ3v) is 5.61. The molecule has 2 aromatic carbocycles. The molecular weight excluding hydrogens is 282 g/mol. The highest BCUT2D eigenvalue weighted by Gasteiger charge is 2.44. The van der Waals surface area contributed by atoms with Gasteiger partial charge in [0.2, 0.25) is 0 Å². The lowest BCUT2D eigenvalue weighted by molar-refractivity contribution is -0.923. The molecular formula is C17H19NO2S. The van der Waals surface area contributed by atoms with Crippen LogP contribution < -0.4 is 9.80 Å². The van der Waals surface area contributed by atoms with Gasteiger partial charge >= 0.3 is 0 Å². The van der Waals surface area contributed by atoms with Gasteiger partial charge in [-0.05, 0) is 25.1 Å². The van der Waals surface area contributed by atoms with Crippen molar-refractivity contribution in [2.75, 3.05) is 7.11 Å². The third kappa shape index (κ3) is 2.24. The van der Waals surface area contributed by atoms with E-state index in [1.165, 1.54) is 4.90 Å². The fourth-order valence-corrected chi connectivity index (χ4v) is 4.49. The van der Waals surface area contributed by atoms with Crippen LogP contribution in [0, 0.1) is 5.21 Å². The van der Waals surface area contributed by atoms with E-state index in [0.717, 1.165) is 16.9 Å². The lowest BCUT2D eigenvalue weighted by Crippen LogP contribution is -3.14. The van der Waals surface area contributed by atoms with Gasteiger partial charge in [0.1, 0.15) is 11.8 Å². The molecule has 3 atom stereocenters. The first-order chi connectivity index (χ1) is 10.1. The van der Waals surface area contributed by atoms with Gasteiger partial charge in [-0.25, -0.2) is 0 Å². The first-order valence-electron chi connectivity index (χ1n) is 7.03. The van der Waals surface area contributed by atoms with Crippen LogP contribution in [0.5, 0.6) is 5.75 Å². The summed E-state index contributed by atoms with van der Waals surface area (Å²) in [5.74, 6) is 0.771. The second-order valence-corrected chi connectivity index (χ2v) is 6.92. The largest absolute Gasteiger partial charge is 0.633 e. The highest BCUT2D eigenvalue weighted by molar-refractivity contribution is 8.00. The minimum Gasteiger partial charge on any atom is -0.633 e. The predicted octanol–water partition coefficient (Wildman–Crippen LogP) is 3.12. The van der Waals surface area contributed by atoms with Crippen molar-refractivity contribution in [3.05, 3.63) is 64.9 Å². The molecule has 0 amide bonds. The van der Waals surface area contributed by atoms with E-state index in [2.05, 4.69) is 6.07 Å². The number of nitrogens with one attached hydrogen (secondary N) is 1. The van der Waals surface area contributed by atoms with E-state index in [-0.39, 0.29) is 11.1 Å². The van der Waals surface area contributed by atoms with Crippen LogP contribution in [-0.4, -0.2) is 7.11 Å². The van der Waals surface area contributed by atoms with Crippen LogP contribution in [0.4, 0.5) is 0 Å². The molecule has 0 bridgehead atoms. The molecule has 1 heterocycles. The molecule has 0 saturated heterocycles. The summed E-state index contributed by atoms with van der Waals surface area (Å²) in [5.41, 5.74) is 2.07. The summed E-state index contributed by atoms with van der Waals surface area (Å²) in [5, 5.41) is 13.2. The van der Waals surface area contributed by atoms with Crippen molar-refractivity contribution in [2.45, 2.75) is 29.7 Å². The van der Waals surface area contributed by atoms with Crippen LogP contribution in [-0.2, 0) is 4.87 Å². The van der Waals surface area contributed by atoms with E-state index in [4.69, 9.17) is 4.74 Å². The van der Waals surface area contributed by atoms with Crippen LogP contribution in [0.15, 0.2) is 53.4 Å². The van der Waals surface area contributed by atoms with Crippen LogP contribution in [0.1, 0.15) is 31.0 Å². The van der Waals surface area contributed by atoms with Crippen molar-refractivity contribution in [3.8, 4) is 5.75 Å². The number of hydrogen-bond donors (Lipinski definition) is 1. The zero-order valence-electron chi connectivity index (χ0n) is 12.4. The van der Waals surface area contributed by atoms with Crippen molar-refractivity contribution < 1.29 is 9.80 Å². The number of fused-ring (bicyclic) bond motifs is 1. The molecule has 0 aromatic heterocycles. The molecule has 1 aliphatic heterocycles. The normalized spacial score (nSPS) is 28.0. The number of para-hydroxylation sites is 1. The van der Waals surface area contributed by atoms with Crippen molar-refractivity contribution in [2.24, 2.45) is 0 Å². The average Bonchev–Trinajstić information content (AvgIpc) is 2.53. The Labute approximate surface area is 129 Å². The molecule has 1 aliphatic rings. The molecule has 3 unspecified atom stereocenters. The Morgan fingerprint density at radius 3 is 2.57 bits per heavy atom. The first-order valence-corrected chi connectivity index (χ1v) is 7.85. The Kier molecular flexibility index (Phi) is 3.69. The highest BCUT2D eigenvalue weighted by Crippen LogP contribution is 2.46. The molecule has 4 heteroatoms. The zero-order valence-corrected chi connectivity index (χ0v) is 13.2. The molecule has 1 N–H and O–H groups in total. The lowest BCUT2D eigenvalue weighted by Gasteiger charge is -2.48. The first kappa shape index (κ1) is 14.4. The summed E-state index contributed by atoms with van der Waals surface area (Å²) in [7, 11) is 1.65. The SMILES string of the molecule is COc1ccccc1C1(C)Sc2ccccc2C(C)[NH+]1[O-].